The predicted octanol–water partition coefficient (Wildman–Crippen LogP) is 8.22. The van der Waals surface area contributed by atoms with Gasteiger partial charge in [-0.25, -0.2) is 4.39 Å². The van der Waals surface area contributed by atoms with Crippen molar-refractivity contribution in [3.05, 3.63) is 126 Å². The molecular weight excluding hydrogens is 561 g/mol. The summed E-state index contributed by atoms with van der Waals surface area (Å²) in [6.45, 7) is 21.7. The quantitative estimate of drug-likeness (QED) is 0.109. The minimum absolute atomic E-state index is 0.286. The second kappa shape index (κ2) is 14.7. The summed E-state index contributed by atoms with van der Waals surface area (Å²) in [4.78, 5) is 10.3. The van der Waals surface area contributed by atoms with Crippen molar-refractivity contribution >= 4 is 27.7 Å². The van der Waals surface area contributed by atoms with Gasteiger partial charge in [0.15, 0.2) is 0 Å². The third-order valence-electron chi connectivity index (χ3n) is 7.53. The number of likely N-dealkylation sites (N-methyl/N-ethyl adjacent to an activating group) is 1. The van der Waals surface area contributed by atoms with Crippen LogP contribution < -0.4 is 10.6 Å². The summed E-state index contributed by atoms with van der Waals surface area (Å²) in [5.74, 6) is -0.0206. The number of nitrogens with zero attached hydrogens (tertiary/aromatic N) is 3. The summed E-state index contributed by atoms with van der Waals surface area (Å²) in [7, 11) is 4.02. The maximum Gasteiger partial charge on any atom is 0.125 e. The first kappa shape index (κ1) is 33.0. The zero-order valence-electron chi connectivity index (χ0n) is 27.2. The molecule has 0 bridgehead atoms. The van der Waals surface area contributed by atoms with Gasteiger partial charge in [0.2, 0.25) is 0 Å². The van der Waals surface area contributed by atoms with E-state index in [0.29, 0.717) is 6.54 Å². The van der Waals surface area contributed by atoms with Crippen molar-refractivity contribution in [1.29, 1.82) is 0 Å². The maximum atomic E-state index is 14.8. The number of aromatic amines is 2. The number of anilines is 1. The van der Waals surface area contributed by atoms with Gasteiger partial charge >= 0.3 is 0 Å². The minimum Gasteiger partial charge on any atom is -0.384 e. The number of benzene rings is 1. The zero-order chi connectivity index (χ0) is 32.7. The van der Waals surface area contributed by atoms with Gasteiger partial charge in [-0.1, -0.05) is 51.8 Å². The first-order valence-corrected chi connectivity index (χ1v) is 15.1. The monoisotopic (exact) mass is 605 g/mol. The number of aryl methyl sites for hydroxylation is 1. The van der Waals surface area contributed by atoms with Crippen LogP contribution in [0.25, 0.3) is 33.4 Å². The Morgan fingerprint density at radius 3 is 2.58 bits per heavy atom. The van der Waals surface area contributed by atoms with Gasteiger partial charge in [0, 0.05) is 46.8 Å². The summed E-state index contributed by atoms with van der Waals surface area (Å²) < 4.78 is 14.8. The first-order chi connectivity index (χ1) is 21.5. The Bertz CT molecular complexity index is 1800. The Kier molecular flexibility index (Phi) is 10.8. The second-order valence-electron chi connectivity index (χ2n) is 11.5. The Morgan fingerprint density at radius 2 is 1.91 bits per heavy atom. The number of allylic oxidation sites excluding steroid dienone is 7. The van der Waals surface area contributed by atoms with Gasteiger partial charge < -0.3 is 20.5 Å². The average molecular weight is 606 g/mol. The molecule has 4 aromatic rings. The fraction of sp³-hybridized carbons (Fsp3) is 0.243. The smallest absolute Gasteiger partial charge is 0.125 e. The van der Waals surface area contributed by atoms with Gasteiger partial charge in [0.1, 0.15) is 11.5 Å². The Morgan fingerprint density at radius 1 is 1.13 bits per heavy atom. The molecule has 0 saturated carbocycles. The number of hydrogen-bond donors (Lipinski definition) is 4. The fourth-order valence-corrected chi connectivity index (χ4v) is 4.92. The highest BCUT2D eigenvalue weighted by atomic mass is 19.1. The number of pyridine rings is 1. The van der Waals surface area contributed by atoms with E-state index >= 15 is 0 Å². The summed E-state index contributed by atoms with van der Waals surface area (Å²) in [5.41, 5.74) is 10.1. The normalized spacial score (nSPS) is 12.7. The Labute approximate surface area is 266 Å². The highest BCUT2D eigenvalue weighted by Crippen LogP contribution is 2.34. The standard InChI is InChI=1S/C37H44FN7/c1-10-13-31(27-16-28(38)19-30(18-27)39-14-15-45(8)9)32-20-35(42-25(32)7)37-33-21-34(40-22-36(33)43-44-37)26(11-2)17-29(12-3)41-24(6)23(4)5/h10-13,16-23,39,41-42H,1,3,6,14-15H2,2,4-5,7-9H3,(H,43,44)/b26-11+,29-17+,31-13-. The van der Waals surface area contributed by atoms with Crippen molar-refractivity contribution in [2.45, 2.75) is 27.7 Å². The molecule has 8 heteroatoms. The molecule has 0 aliphatic carbocycles. The summed E-state index contributed by atoms with van der Waals surface area (Å²) in [6.07, 6.45) is 11.2. The molecule has 3 heterocycles. The van der Waals surface area contributed by atoms with Gasteiger partial charge in [0.25, 0.3) is 0 Å². The molecule has 0 atom stereocenters. The summed E-state index contributed by atoms with van der Waals surface area (Å²) in [5, 5.41) is 15.4. The Balaban J connectivity index is 1.71. The van der Waals surface area contributed by atoms with Crippen LogP contribution in [0.4, 0.5) is 10.1 Å². The average Bonchev–Trinajstić information content (AvgIpc) is 3.60. The molecule has 234 valence electrons. The molecule has 4 N–H and O–H groups in total. The summed E-state index contributed by atoms with van der Waals surface area (Å²) >= 11 is 0. The predicted molar refractivity (Wildman–Crippen MR) is 188 cm³/mol. The first-order valence-electron chi connectivity index (χ1n) is 15.1. The Hall–Kier alpha value is -4.95. The fourth-order valence-electron chi connectivity index (χ4n) is 4.92. The van der Waals surface area contributed by atoms with Crippen LogP contribution in [0.1, 0.15) is 43.3 Å². The molecule has 7 nitrogen and oxygen atoms in total. The molecule has 0 saturated heterocycles. The largest absolute Gasteiger partial charge is 0.384 e. The SMILES string of the molecule is C=C/C=C(/c1cc(F)cc(NCCN(C)C)c1)c1cc(-c2n[nH]c3cnc(C(/C=C(\C=C)NC(=C)C(C)C)=C/C)cc23)[nH]c1C. The third kappa shape index (κ3) is 7.96. The van der Waals surface area contributed by atoms with Crippen LogP contribution in [-0.4, -0.2) is 52.3 Å². The third-order valence-corrected chi connectivity index (χ3v) is 7.53. The molecule has 0 aliphatic rings. The van der Waals surface area contributed by atoms with Crippen LogP contribution in [-0.2, 0) is 0 Å². The van der Waals surface area contributed by atoms with E-state index in [2.05, 4.69) is 70.4 Å². The number of hydrogen-bond acceptors (Lipinski definition) is 5. The molecule has 0 unspecified atom stereocenters. The van der Waals surface area contributed by atoms with Gasteiger partial charge in [-0.3, -0.25) is 10.1 Å². The van der Waals surface area contributed by atoms with Crippen LogP contribution in [0.15, 0.2) is 98.0 Å². The molecule has 0 spiro atoms. The zero-order valence-corrected chi connectivity index (χ0v) is 27.2. The van der Waals surface area contributed by atoms with E-state index < -0.39 is 0 Å². The molecule has 0 fully saturated rings. The van der Waals surface area contributed by atoms with Crippen molar-refractivity contribution in [3.63, 3.8) is 0 Å². The molecule has 4 rings (SSSR count). The number of rotatable bonds is 14. The molecule has 1 aromatic carbocycles. The van der Waals surface area contributed by atoms with Crippen LogP contribution in [0.5, 0.6) is 0 Å². The van der Waals surface area contributed by atoms with E-state index in [-0.39, 0.29) is 11.7 Å². The molecular formula is C37H44FN7. The maximum absolute atomic E-state index is 14.8. The highest BCUT2D eigenvalue weighted by Gasteiger charge is 2.18. The van der Waals surface area contributed by atoms with Crippen LogP contribution in [0.2, 0.25) is 0 Å². The second-order valence-corrected chi connectivity index (χ2v) is 11.5. The topological polar surface area (TPSA) is 84.7 Å². The molecule has 0 aliphatic heterocycles. The van der Waals surface area contributed by atoms with E-state index in [4.69, 9.17) is 4.98 Å². The van der Waals surface area contributed by atoms with E-state index in [1.165, 1.54) is 6.07 Å². The van der Waals surface area contributed by atoms with Gasteiger partial charge in [-0.15, -0.1) is 0 Å². The number of H-pyrrole nitrogens is 2. The molecule has 0 amide bonds. The van der Waals surface area contributed by atoms with Crippen molar-refractivity contribution in [3.8, 4) is 11.4 Å². The molecule has 0 radical (unpaired) electrons. The van der Waals surface area contributed by atoms with Gasteiger partial charge in [-0.2, -0.15) is 5.10 Å². The lowest BCUT2D eigenvalue weighted by Crippen LogP contribution is -2.20. The lowest BCUT2D eigenvalue weighted by molar-refractivity contribution is 0.425. The molecule has 45 heavy (non-hydrogen) atoms. The van der Waals surface area contributed by atoms with Crippen LogP contribution in [0, 0.1) is 18.7 Å². The number of fused-ring (bicyclic) bond motifs is 1. The van der Waals surface area contributed by atoms with E-state index in [1.807, 2.05) is 58.3 Å². The highest BCUT2D eigenvalue weighted by molar-refractivity contribution is 5.95. The van der Waals surface area contributed by atoms with Crippen LogP contribution in [0.3, 0.4) is 0 Å². The number of halogens is 1. The lowest BCUT2D eigenvalue weighted by Gasteiger charge is -2.14. The van der Waals surface area contributed by atoms with E-state index in [9.17, 15) is 4.39 Å². The van der Waals surface area contributed by atoms with Crippen molar-refractivity contribution in [1.82, 2.24) is 30.4 Å². The van der Waals surface area contributed by atoms with Crippen molar-refractivity contribution in [2.24, 2.45) is 5.92 Å². The van der Waals surface area contributed by atoms with Gasteiger partial charge in [0.05, 0.1) is 23.1 Å². The summed E-state index contributed by atoms with van der Waals surface area (Å²) in [6, 6.07) is 9.13. The number of aromatic nitrogens is 4. The van der Waals surface area contributed by atoms with Crippen molar-refractivity contribution < 1.29 is 4.39 Å². The lowest BCUT2D eigenvalue weighted by atomic mass is 9.96. The van der Waals surface area contributed by atoms with E-state index in [1.54, 1.807) is 24.4 Å². The van der Waals surface area contributed by atoms with Crippen LogP contribution >= 0.6 is 0 Å². The molecule has 3 aromatic heterocycles. The van der Waals surface area contributed by atoms with Crippen molar-refractivity contribution in [2.75, 3.05) is 32.5 Å². The van der Waals surface area contributed by atoms with E-state index in [0.717, 1.165) is 79.6 Å². The number of nitrogens with one attached hydrogen (secondary N) is 4. The van der Waals surface area contributed by atoms with Gasteiger partial charge in [-0.05, 0) is 93.1 Å². The minimum atomic E-state index is -0.307.